The number of nitrogens with zero attached hydrogens (tertiary/aromatic N) is 5. The number of amides is 1. The van der Waals surface area contributed by atoms with E-state index in [1.807, 2.05) is 13.2 Å². The third-order valence-electron chi connectivity index (χ3n) is 9.02. The summed E-state index contributed by atoms with van der Waals surface area (Å²) in [7, 11) is 1.84. The van der Waals surface area contributed by atoms with Gasteiger partial charge in [0.2, 0.25) is 5.91 Å². The molecule has 3 aliphatic carbocycles. The van der Waals surface area contributed by atoms with Crippen molar-refractivity contribution in [3.63, 3.8) is 0 Å². The quantitative estimate of drug-likeness (QED) is 0.555. The molecule has 2 heterocycles. The Bertz CT molecular complexity index is 1320. The molecular formula is C28H31FN6O. The lowest BCUT2D eigenvalue weighted by Gasteiger charge is -2.50. The standard InChI is InChI=1S/C28H31FN6O/c1-28-12-11-22-21-6-4-20(35(2)27(36)10-9-26-31-33-34-32-26)14-17(21)3-5-23(22)25(28)8-7-24(28)18-13-19(29)16-30-15-18/h4,6-7,13-16,22-23,25H,3,5,8-12H2,1-2H3,(H,31,32,33,34)/t22-,23-,25+,28-/m1/s1. The second-order valence-corrected chi connectivity index (χ2v) is 10.8. The molecular weight excluding hydrogens is 455 g/mol. The van der Waals surface area contributed by atoms with E-state index in [1.54, 1.807) is 11.0 Å². The van der Waals surface area contributed by atoms with Crippen molar-refractivity contribution >= 4 is 17.2 Å². The van der Waals surface area contributed by atoms with Gasteiger partial charge in [-0.05, 0) is 95.7 Å². The average Bonchev–Trinajstić information content (AvgIpc) is 3.53. The highest BCUT2D eigenvalue weighted by molar-refractivity contribution is 5.93. The van der Waals surface area contributed by atoms with Crippen LogP contribution in [0.2, 0.25) is 0 Å². The molecule has 6 rings (SSSR count). The summed E-state index contributed by atoms with van der Waals surface area (Å²) in [5.41, 5.74) is 6.04. The van der Waals surface area contributed by atoms with Crippen molar-refractivity contribution < 1.29 is 9.18 Å². The third-order valence-corrected chi connectivity index (χ3v) is 9.02. The number of aromatic amines is 1. The number of aryl methyl sites for hydroxylation is 2. The molecule has 1 N–H and O–H groups in total. The van der Waals surface area contributed by atoms with Gasteiger partial charge in [-0.2, -0.15) is 5.21 Å². The highest BCUT2D eigenvalue weighted by Crippen LogP contribution is 2.63. The molecule has 0 aliphatic heterocycles. The maximum atomic E-state index is 13.9. The minimum atomic E-state index is -0.269. The van der Waals surface area contributed by atoms with Crippen LogP contribution in [0.1, 0.15) is 67.5 Å². The van der Waals surface area contributed by atoms with Gasteiger partial charge in [0.1, 0.15) is 5.82 Å². The van der Waals surface area contributed by atoms with Crippen LogP contribution < -0.4 is 4.90 Å². The number of carbonyl (C=O) groups is 1. The SMILES string of the molecule is CN(C(=O)CCc1nn[nH]n1)c1ccc2c(c1)CC[C@@H]1[C@@H]2CC[C@]2(C)C(c3cncc(F)c3)=CC[C@@H]12. The molecule has 0 spiro atoms. The van der Waals surface area contributed by atoms with Gasteiger partial charge in [0.15, 0.2) is 5.82 Å². The number of nitrogens with one attached hydrogen (secondary N) is 1. The number of aromatic nitrogens is 5. The molecule has 3 aliphatic rings. The molecule has 7 nitrogen and oxygen atoms in total. The van der Waals surface area contributed by atoms with Crippen molar-refractivity contribution in [3.05, 3.63) is 71.1 Å². The van der Waals surface area contributed by atoms with Gasteiger partial charge < -0.3 is 4.90 Å². The molecule has 0 bridgehead atoms. The van der Waals surface area contributed by atoms with Crippen LogP contribution >= 0.6 is 0 Å². The number of rotatable bonds is 5. The number of allylic oxidation sites excluding steroid dienone is 2. The van der Waals surface area contributed by atoms with Gasteiger partial charge in [0.05, 0.1) is 6.20 Å². The first-order valence-electron chi connectivity index (χ1n) is 12.9. The summed E-state index contributed by atoms with van der Waals surface area (Å²) >= 11 is 0. The van der Waals surface area contributed by atoms with Gasteiger partial charge in [-0.3, -0.25) is 9.78 Å². The van der Waals surface area contributed by atoms with Crippen LogP contribution in [0.4, 0.5) is 10.1 Å². The van der Waals surface area contributed by atoms with Crippen LogP contribution in [0.15, 0.2) is 42.7 Å². The zero-order valence-corrected chi connectivity index (χ0v) is 20.7. The van der Waals surface area contributed by atoms with Crippen LogP contribution in [-0.4, -0.2) is 38.6 Å². The van der Waals surface area contributed by atoms with Crippen molar-refractivity contribution in [1.29, 1.82) is 0 Å². The zero-order valence-electron chi connectivity index (χ0n) is 20.7. The number of carbonyl (C=O) groups excluding carboxylic acids is 1. The van der Waals surface area contributed by atoms with E-state index in [2.05, 4.69) is 56.8 Å². The van der Waals surface area contributed by atoms with Crippen molar-refractivity contribution in [1.82, 2.24) is 25.6 Å². The fraction of sp³-hybridized carbons (Fsp3) is 0.464. The molecule has 3 aromatic rings. The minimum Gasteiger partial charge on any atom is -0.315 e. The molecule has 1 fully saturated rings. The lowest BCUT2D eigenvalue weighted by molar-refractivity contribution is -0.118. The highest BCUT2D eigenvalue weighted by Gasteiger charge is 2.52. The van der Waals surface area contributed by atoms with Gasteiger partial charge in [-0.1, -0.05) is 24.3 Å². The fourth-order valence-electron chi connectivity index (χ4n) is 7.17. The van der Waals surface area contributed by atoms with Crippen LogP contribution in [0.25, 0.3) is 5.57 Å². The van der Waals surface area contributed by atoms with Gasteiger partial charge >= 0.3 is 0 Å². The molecule has 2 aromatic heterocycles. The van der Waals surface area contributed by atoms with E-state index in [4.69, 9.17) is 0 Å². The van der Waals surface area contributed by atoms with Gasteiger partial charge in [-0.25, -0.2) is 4.39 Å². The van der Waals surface area contributed by atoms with Crippen molar-refractivity contribution in [2.45, 2.75) is 57.8 Å². The predicted octanol–water partition coefficient (Wildman–Crippen LogP) is 4.88. The third kappa shape index (κ3) is 3.83. The summed E-state index contributed by atoms with van der Waals surface area (Å²) in [6.45, 7) is 2.38. The van der Waals surface area contributed by atoms with E-state index in [0.29, 0.717) is 36.4 Å². The Morgan fingerprint density at radius 3 is 2.94 bits per heavy atom. The number of benzene rings is 1. The van der Waals surface area contributed by atoms with Crippen molar-refractivity contribution in [2.75, 3.05) is 11.9 Å². The molecule has 0 saturated heterocycles. The molecule has 4 atom stereocenters. The normalized spacial score (nSPS) is 26.5. The molecule has 0 unspecified atom stereocenters. The topological polar surface area (TPSA) is 87.7 Å². The van der Waals surface area contributed by atoms with Crippen LogP contribution in [0.5, 0.6) is 0 Å². The maximum Gasteiger partial charge on any atom is 0.227 e. The number of anilines is 1. The lowest BCUT2D eigenvalue weighted by Crippen LogP contribution is -2.41. The molecule has 8 heteroatoms. The summed E-state index contributed by atoms with van der Waals surface area (Å²) < 4.78 is 13.9. The number of hydrogen-bond donors (Lipinski definition) is 1. The Hall–Kier alpha value is -3.42. The second-order valence-electron chi connectivity index (χ2n) is 10.8. The first-order valence-corrected chi connectivity index (χ1v) is 12.9. The number of H-pyrrole nitrogens is 1. The monoisotopic (exact) mass is 486 g/mol. The van der Waals surface area contributed by atoms with Gasteiger partial charge in [-0.15, -0.1) is 10.2 Å². The van der Waals surface area contributed by atoms with E-state index >= 15 is 0 Å². The number of fused-ring (bicyclic) bond motifs is 5. The first-order chi connectivity index (χ1) is 17.4. The Morgan fingerprint density at radius 1 is 1.25 bits per heavy atom. The second kappa shape index (κ2) is 8.91. The molecule has 186 valence electrons. The van der Waals surface area contributed by atoms with E-state index in [-0.39, 0.29) is 17.1 Å². The Balaban J connectivity index is 1.19. The number of hydrogen-bond acceptors (Lipinski definition) is 5. The van der Waals surface area contributed by atoms with E-state index in [0.717, 1.165) is 43.4 Å². The molecule has 1 saturated carbocycles. The highest BCUT2D eigenvalue weighted by atomic mass is 19.1. The van der Waals surface area contributed by atoms with Gasteiger partial charge in [0.25, 0.3) is 0 Å². The van der Waals surface area contributed by atoms with Crippen LogP contribution in [0, 0.1) is 23.1 Å². The first kappa shape index (κ1) is 23.0. The summed E-state index contributed by atoms with van der Waals surface area (Å²) in [5.74, 6) is 2.05. The number of pyridine rings is 1. The van der Waals surface area contributed by atoms with Crippen molar-refractivity contribution in [2.24, 2.45) is 17.3 Å². The molecule has 36 heavy (non-hydrogen) atoms. The molecule has 1 aromatic carbocycles. The van der Waals surface area contributed by atoms with Crippen LogP contribution in [0.3, 0.4) is 0 Å². The average molecular weight is 487 g/mol. The summed E-state index contributed by atoms with van der Waals surface area (Å²) in [5, 5.41) is 13.8. The van der Waals surface area contributed by atoms with Gasteiger partial charge in [0, 0.05) is 31.8 Å². The summed E-state index contributed by atoms with van der Waals surface area (Å²) in [6, 6.07) is 8.20. The smallest absolute Gasteiger partial charge is 0.227 e. The molecule has 0 radical (unpaired) electrons. The summed E-state index contributed by atoms with van der Waals surface area (Å²) in [6.07, 6.45) is 11.7. The Labute approximate surface area is 210 Å². The van der Waals surface area contributed by atoms with Crippen molar-refractivity contribution in [3.8, 4) is 0 Å². The fourth-order valence-corrected chi connectivity index (χ4v) is 7.17. The molecule has 1 amide bonds. The lowest BCUT2D eigenvalue weighted by atomic mass is 9.54. The number of tetrazole rings is 1. The van der Waals surface area contributed by atoms with E-state index < -0.39 is 0 Å². The van der Waals surface area contributed by atoms with Crippen LogP contribution in [-0.2, 0) is 17.6 Å². The zero-order chi connectivity index (χ0) is 24.9. The Morgan fingerprint density at radius 2 is 2.14 bits per heavy atom. The number of halogens is 1. The largest absolute Gasteiger partial charge is 0.315 e. The summed E-state index contributed by atoms with van der Waals surface area (Å²) in [4.78, 5) is 18.6. The van der Waals surface area contributed by atoms with E-state index in [1.165, 1.54) is 22.9 Å². The maximum absolute atomic E-state index is 13.9. The Kier molecular flexibility index (Phi) is 5.69. The predicted molar refractivity (Wildman–Crippen MR) is 135 cm³/mol. The minimum absolute atomic E-state index is 0.0401. The van der Waals surface area contributed by atoms with E-state index in [9.17, 15) is 9.18 Å².